The molecule has 0 saturated heterocycles. The van der Waals surface area contributed by atoms with Crippen molar-refractivity contribution in [3.8, 4) is 11.3 Å². The van der Waals surface area contributed by atoms with E-state index in [1.807, 2.05) is 30.3 Å². The van der Waals surface area contributed by atoms with Gasteiger partial charge >= 0.3 is 0 Å². The van der Waals surface area contributed by atoms with Gasteiger partial charge in [-0.1, -0.05) is 50.0 Å². The molecule has 1 aromatic carbocycles. The molecule has 20 heavy (non-hydrogen) atoms. The van der Waals surface area contributed by atoms with Crippen molar-refractivity contribution in [2.75, 3.05) is 6.61 Å². The zero-order valence-corrected chi connectivity index (χ0v) is 16.0. The molecule has 0 unspecified atom stereocenters. The molecule has 0 radical (unpaired) electrons. The molecule has 0 aliphatic carbocycles. The van der Waals surface area contributed by atoms with Crippen LogP contribution in [0.15, 0.2) is 39.7 Å². The van der Waals surface area contributed by atoms with Crippen LogP contribution in [0.3, 0.4) is 0 Å². The summed E-state index contributed by atoms with van der Waals surface area (Å²) in [6.07, 6.45) is 0. The van der Waals surface area contributed by atoms with Gasteiger partial charge in [-0.05, 0) is 37.9 Å². The quantitative estimate of drug-likeness (QED) is 0.650. The number of imidazole rings is 1. The maximum atomic E-state index is 5.93. The van der Waals surface area contributed by atoms with E-state index in [4.69, 9.17) is 4.84 Å². The summed E-state index contributed by atoms with van der Waals surface area (Å²) in [4.78, 5) is 10.3. The minimum Gasteiger partial charge on any atom is -0.411 e. The summed E-state index contributed by atoms with van der Waals surface area (Å²) in [7, 11) is -1.10. The van der Waals surface area contributed by atoms with Crippen LogP contribution < -0.4 is 4.84 Å². The fourth-order valence-electron chi connectivity index (χ4n) is 1.75. The maximum Gasteiger partial charge on any atom is 0.213 e. The maximum absolute atomic E-state index is 5.93. The van der Waals surface area contributed by atoms with Gasteiger partial charge in [-0.2, -0.15) is 4.73 Å². The van der Waals surface area contributed by atoms with Crippen molar-refractivity contribution in [1.82, 2.24) is 9.71 Å². The Morgan fingerprint density at radius 3 is 2.40 bits per heavy atom. The lowest BCUT2D eigenvalue weighted by Crippen LogP contribution is -2.25. The molecule has 0 spiro atoms. The standard InChI is InChI=1S/C14H18Br2N2OSi/c1-20(2,3)10-9-19-18-12(13(15)17-14(18)16)11-7-5-4-6-8-11/h4-8H,9-10H2,1-3H3. The Bertz CT molecular complexity index is 579. The molecule has 2 rings (SSSR count). The normalized spacial score (nSPS) is 11.7. The van der Waals surface area contributed by atoms with Crippen molar-refractivity contribution in [2.45, 2.75) is 25.7 Å². The van der Waals surface area contributed by atoms with Gasteiger partial charge in [0.15, 0.2) is 0 Å². The SMILES string of the molecule is C[Si](C)(C)CCOn1c(Br)nc(Br)c1-c1ccccc1. The number of nitrogens with zero attached hydrogens (tertiary/aromatic N) is 2. The van der Waals surface area contributed by atoms with Crippen LogP contribution in [0.2, 0.25) is 25.7 Å². The molecule has 0 bridgehead atoms. The summed E-state index contributed by atoms with van der Waals surface area (Å²) in [5.41, 5.74) is 2.01. The third kappa shape index (κ3) is 3.96. The van der Waals surface area contributed by atoms with Crippen molar-refractivity contribution < 1.29 is 4.84 Å². The van der Waals surface area contributed by atoms with Crippen LogP contribution in [0.1, 0.15) is 0 Å². The molecule has 6 heteroatoms. The third-order valence-corrected chi connectivity index (χ3v) is 5.63. The van der Waals surface area contributed by atoms with E-state index >= 15 is 0 Å². The van der Waals surface area contributed by atoms with Gasteiger partial charge in [-0.15, -0.1) is 0 Å². The number of hydrogen-bond acceptors (Lipinski definition) is 2. The molecule has 0 saturated carbocycles. The summed E-state index contributed by atoms with van der Waals surface area (Å²) in [5.74, 6) is 0. The molecule has 2 aromatic rings. The van der Waals surface area contributed by atoms with Gasteiger partial charge in [-0.3, -0.25) is 0 Å². The summed E-state index contributed by atoms with van der Waals surface area (Å²) < 4.78 is 3.22. The Hall–Kier alpha value is -0.593. The van der Waals surface area contributed by atoms with Crippen LogP contribution in [0, 0.1) is 0 Å². The molecule has 1 heterocycles. The molecule has 108 valence electrons. The second kappa shape index (κ2) is 6.45. The largest absolute Gasteiger partial charge is 0.411 e. The molecule has 0 aliphatic heterocycles. The van der Waals surface area contributed by atoms with E-state index in [2.05, 4.69) is 56.5 Å². The number of rotatable bonds is 5. The highest BCUT2D eigenvalue weighted by Crippen LogP contribution is 2.30. The van der Waals surface area contributed by atoms with E-state index in [-0.39, 0.29) is 0 Å². The summed E-state index contributed by atoms with van der Waals surface area (Å²) >= 11 is 6.96. The van der Waals surface area contributed by atoms with Gasteiger partial charge < -0.3 is 4.84 Å². The van der Waals surface area contributed by atoms with Crippen LogP contribution in [0.25, 0.3) is 11.3 Å². The predicted molar refractivity (Wildman–Crippen MR) is 92.7 cm³/mol. The molecular weight excluding hydrogens is 400 g/mol. The number of hydrogen-bond donors (Lipinski definition) is 0. The van der Waals surface area contributed by atoms with Gasteiger partial charge in [0.05, 0.1) is 0 Å². The minimum atomic E-state index is -1.10. The topological polar surface area (TPSA) is 27.1 Å². The van der Waals surface area contributed by atoms with Gasteiger partial charge in [0.2, 0.25) is 4.73 Å². The average molecular weight is 418 g/mol. The second-order valence-corrected chi connectivity index (χ2v) is 12.9. The smallest absolute Gasteiger partial charge is 0.213 e. The van der Waals surface area contributed by atoms with Crippen molar-refractivity contribution in [2.24, 2.45) is 0 Å². The van der Waals surface area contributed by atoms with E-state index in [1.165, 1.54) is 0 Å². The Labute approximate surface area is 137 Å². The molecule has 0 atom stereocenters. The number of halogens is 2. The predicted octanol–water partition coefficient (Wildman–Crippen LogP) is 4.84. The second-order valence-electron chi connectivity index (χ2n) is 5.82. The molecule has 0 fully saturated rings. The van der Waals surface area contributed by atoms with Crippen molar-refractivity contribution in [1.29, 1.82) is 0 Å². The van der Waals surface area contributed by atoms with Gasteiger partial charge in [-0.25, -0.2) is 4.98 Å². The van der Waals surface area contributed by atoms with Gasteiger partial charge in [0.1, 0.15) is 16.9 Å². The number of aromatic nitrogens is 2. The first kappa shape index (κ1) is 15.8. The van der Waals surface area contributed by atoms with Crippen LogP contribution in [-0.4, -0.2) is 24.4 Å². The fraction of sp³-hybridized carbons (Fsp3) is 0.357. The van der Waals surface area contributed by atoms with E-state index < -0.39 is 8.07 Å². The van der Waals surface area contributed by atoms with Crippen LogP contribution >= 0.6 is 31.9 Å². The first-order chi connectivity index (χ1) is 9.38. The van der Waals surface area contributed by atoms with Crippen LogP contribution in [-0.2, 0) is 0 Å². The highest BCUT2D eigenvalue weighted by molar-refractivity contribution is 9.11. The lowest BCUT2D eigenvalue weighted by atomic mass is 10.2. The highest BCUT2D eigenvalue weighted by Gasteiger charge is 2.18. The molecule has 1 aromatic heterocycles. The van der Waals surface area contributed by atoms with E-state index in [9.17, 15) is 0 Å². The van der Waals surface area contributed by atoms with Crippen molar-refractivity contribution >= 4 is 39.9 Å². The van der Waals surface area contributed by atoms with Crippen molar-refractivity contribution in [3.05, 3.63) is 39.7 Å². The number of benzene rings is 1. The average Bonchev–Trinajstić information content (AvgIpc) is 2.64. The summed E-state index contributed by atoms with van der Waals surface area (Å²) in [6.45, 7) is 7.73. The lowest BCUT2D eigenvalue weighted by Gasteiger charge is -2.17. The Balaban J connectivity index is 2.25. The molecule has 0 N–H and O–H groups in total. The molecular formula is C14H18Br2N2OSi. The molecule has 0 aliphatic rings. The zero-order valence-electron chi connectivity index (χ0n) is 11.9. The summed E-state index contributed by atoms with van der Waals surface area (Å²) in [6, 6.07) is 11.2. The Morgan fingerprint density at radius 2 is 1.80 bits per heavy atom. The lowest BCUT2D eigenvalue weighted by molar-refractivity contribution is 0.119. The van der Waals surface area contributed by atoms with E-state index in [0.29, 0.717) is 11.3 Å². The van der Waals surface area contributed by atoms with Crippen molar-refractivity contribution in [3.63, 3.8) is 0 Å². The fourth-order valence-corrected chi connectivity index (χ4v) is 3.71. The van der Waals surface area contributed by atoms with Crippen LogP contribution in [0.4, 0.5) is 0 Å². The minimum absolute atomic E-state index is 0.679. The van der Waals surface area contributed by atoms with E-state index in [0.717, 1.165) is 21.9 Å². The Morgan fingerprint density at radius 1 is 1.15 bits per heavy atom. The van der Waals surface area contributed by atoms with Gasteiger partial charge in [0, 0.05) is 13.6 Å². The first-order valence-electron chi connectivity index (χ1n) is 6.51. The third-order valence-electron chi connectivity index (χ3n) is 2.88. The molecule has 0 amide bonds. The highest BCUT2D eigenvalue weighted by atomic mass is 79.9. The summed E-state index contributed by atoms with van der Waals surface area (Å²) in [5, 5.41) is 0. The van der Waals surface area contributed by atoms with Crippen LogP contribution in [0.5, 0.6) is 0 Å². The zero-order chi connectivity index (χ0) is 14.8. The molecule has 3 nitrogen and oxygen atoms in total. The monoisotopic (exact) mass is 416 g/mol. The van der Waals surface area contributed by atoms with E-state index in [1.54, 1.807) is 4.73 Å². The van der Waals surface area contributed by atoms with Gasteiger partial charge in [0.25, 0.3) is 0 Å². The Kier molecular flexibility index (Phi) is 5.09. The first-order valence-corrected chi connectivity index (χ1v) is 11.8.